The summed E-state index contributed by atoms with van der Waals surface area (Å²) in [5.41, 5.74) is 0.864. The normalized spacial score (nSPS) is 18.6. The van der Waals surface area contributed by atoms with Crippen molar-refractivity contribution in [2.45, 2.75) is 62.3 Å². The molecule has 0 atom stereocenters. The van der Waals surface area contributed by atoms with Gasteiger partial charge in [-0.2, -0.15) is 0 Å². The molecule has 2 rings (SSSR count). The number of alkyl halides is 1. The molecule has 1 aromatic rings. The topological polar surface area (TPSA) is 46.2 Å². The molecule has 1 fully saturated rings. The van der Waals surface area contributed by atoms with Gasteiger partial charge in [0.1, 0.15) is 0 Å². The Balaban J connectivity index is 2.16. The fraction of sp³-hybridized carbons (Fsp3) is 0.625. The Hall–Kier alpha value is -0.390. The summed E-state index contributed by atoms with van der Waals surface area (Å²) in [4.78, 5) is 0.369. The zero-order chi connectivity index (χ0) is 15.3. The monoisotopic (exact) mass is 373 g/mol. The second kappa shape index (κ2) is 7.25. The Morgan fingerprint density at radius 3 is 2.29 bits per heavy atom. The van der Waals surface area contributed by atoms with Crippen LogP contribution in [-0.2, 0) is 16.4 Å². The van der Waals surface area contributed by atoms with E-state index in [-0.39, 0.29) is 5.54 Å². The molecule has 0 aromatic heterocycles. The van der Waals surface area contributed by atoms with Gasteiger partial charge >= 0.3 is 0 Å². The summed E-state index contributed by atoms with van der Waals surface area (Å²) in [6.45, 7) is 2.12. The first-order chi connectivity index (χ1) is 10.0. The van der Waals surface area contributed by atoms with E-state index < -0.39 is 10.0 Å². The summed E-state index contributed by atoms with van der Waals surface area (Å²) < 4.78 is 28.2. The van der Waals surface area contributed by atoms with Crippen LogP contribution in [0.2, 0.25) is 0 Å². The van der Waals surface area contributed by atoms with Crippen molar-refractivity contribution in [3.63, 3.8) is 0 Å². The number of aryl methyl sites for hydroxylation is 1. The first-order valence-corrected chi connectivity index (χ1v) is 10.3. The van der Waals surface area contributed by atoms with Gasteiger partial charge in [0.15, 0.2) is 0 Å². The molecule has 0 radical (unpaired) electrons. The molecule has 1 aliphatic carbocycles. The lowest BCUT2D eigenvalue weighted by Gasteiger charge is -2.36. The predicted molar refractivity (Wildman–Crippen MR) is 90.4 cm³/mol. The molecule has 1 aliphatic rings. The van der Waals surface area contributed by atoms with Crippen molar-refractivity contribution in [1.29, 1.82) is 0 Å². The number of halogens is 1. The van der Waals surface area contributed by atoms with Gasteiger partial charge in [-0.25, -0.2) is 13.1 Å². The fourth-order valence-corrected chi connectivity index (χ4v) is 5.30. The molecule has 5 heteroatoms. The molecule has 0 bridgehead atoms. The summed E-state index contributed by atoms with van der Waals surface area (Å²) in [5, 5.41) is 0.674. The van der Waals surface area contributed by atoms with E-state index >= 15 is 0 Å². The van der Waals surface area contributed by atoms with Crippen LogP contribution >= 0.6 is 15.9 Å². The molecule has 118 valence electrons. The molecule has 0 spiro atoms. The maximum Gasteiger partial charge on any atom is 0.241 e. The highest BCUT2D eigenvalue weighted by atomic mass is 79.9. The van der Waals surface area contributed by atoms with Crippen molar-refractivity contribution in [2.24, 2.45) is 0 Å². The van der Waals surface area contributed by atoms with Gasteiger partial charge in [0.05, 0.1) is 4.90 Å². The van der Waals surface area contributed by atoms with Gasteiger partial charge in [0, 0.05) is 10.9 Å². The molecule has 0 heterocycles. The fourth-order valence-electron chi connectivity index (χ4n) is 2.96. The van der Waals surface area contributed by atoms with Crippen LogP contribution in [0.25, 0.3) is 0 Å². The van der Waals surface area contributed by atoms with Crippen LogP contribution in [0.5, 0.6) is 0 Å². The maximum absolute atomic E-state index is 12.6. The molecule has 21 heavy (non-hydrogen) atoms. The second-order valence-electron chi connectivity index (χ2n) is 5.97. The minimum absolute atomic E-state index is 0.320. The third kappa shape index (κ3) is 4.30. The van der Waals surface area contributed by atoms with Crippen molar-refractivity contribution < 1.29 is 8.42 Å². The SMILES string of the molecule is CCCc1ccc(S(=O)(=O)NC2(CBr)CCCCC2)cc1. The molecular formula is C16H24BrNO2S. The largest absolute Gasteiger partial charge is 0.241 e. The van der Waals surface area contributed by atoms with E-state index in [9.17, 15) is 8.42 Å². The average Bonchev–Trinajstić information content (AvgIpc) is 2.49. The highest BCUT2D eigenvalue weighted by molar-refractivity contribution is 9.09. The van der Waals surface area contributed by atoms with E-state index in [1.54, 1.807) is 12.1 Å². The van der Waals surface area contributed by atoms with E-state index in [0.717, 1.165) is 38.5 Å². The van der Waals surface area contributed by atoms with Crippen molar-refractivity contribution in [1.82, 2.24) is 4.72 Å². The molecule has 0 aliphatic heterocycles. The number of nitrogens with one attached hydrogen (secondary N) is 1. The van der Waals surface area contributed by atoms with Crippen molar-refractivity contribution in [3.05, 3.63) is 29.8 Å². The molecule has 3 nitrogen and oxygen atoms in total. The summed E-state index contributed by atoms with van der Waals surface area (Å²) in [5.74, 6) is 0. The van der Waals surface area contributed by atoms with Gasteiger partial charge < -0.3 is 0 Å². The quantitative estimate of drug-likeness (QED) is 0.765. The first-order valence-electron chi connectivity index (χ1n) is 7.70. The first kappa shape index (κ1) is 17.0. The number of hydrogen-bond donors (Lipinski definition) is 1. The van der Waals surface area contributed by atoms with E-state index in [1.165, 1.54) is 12.0 Å². The van der Waals surface area contributed by atoms with E-state index in [1.807, 2.05) is 12.1 Å². The molecule has 1 aromatic carbocycles. The second-order valence-corrected chi connectivity index (χ2v) is 8.22. The standard InChI is InChI=1S/C16H24BrNO2S/c1-2-6-14-7-9-15(10-8-14)21(19,20)18-16(13-17)11-4-3-5-12-16/h7-10,18H,2-6,11-13H2,1H3. The molecule has 0 unspecified atom stereocenters. The lowest BCUT2D eigenvalue weighted by Crippen LogP contribution is -2.51. The summed E-state index contributed by atoms with van der Waals surface area (Å²) in [7, 11) is -3.44. The zero-order valence-corrected chi connectivity index (χ0v) is 15.0. The van der Waals surface area contributed by atoms with Crippen LogP contribution in [-0.4, -0.2) is 19.3 Å². The number of hydrogen-bond acceptors (Lipinski definition) is 2. The maximum atomic E-state index is 12.6. The van der Waals surface area contributed by atoms with Crippen LogP contribution in [0, 0.1) is 0 Å². The molecule has 0 amide bonds. The number of rotatable bonds is 6. The minimum Gasteiger partial charge on any atom is -0.207 e. The Morgan fingerprint density at radius 2 is 1.76 bits per heavy atom. The Labute approximate surface area is 136 Å². The third-order valence-electron chi connectivity index (χ3n) is 4.19. The van der Waals surface area contributed by atoms with Crippen LogP contribution in [0.3, 0.4) is 0 Å². The van der Waals surface area contributed by atoms with Gasteiger partial charge in [-0.05, 0) is 37.0 Å². The Morgan fingerprint density at radius 1 is 1.14 bits per heavy atom. The van der Waals surface area contributed by atoms with Crippen molar-refractivity contribution >= 4 is 26.0 Å². The van der Waals surface area contributed by atoms with Gasteiger partial charge in [-0.15, -0.1) is 0 Å². The van der Waals surface area contributed by atoms with Crippen LogP contribution in [0.1, 0.15) is 51.0 Å². The van der Waals surface area contributed by atoms with Crippen LogP contribution in [0.4, 0.5) is 0 Å². The van der Waals surface area contributed by atoms with Gasteiger partial charge in [0.25, 0.3) is 0 Å². The molecule has 0 saturated heterocycles. The Kier molecular flexibility index (Phi) is 5.86. The van der Waals surface area contributed by atoms with Crippen molar-refractivity contribution in [2.75, 3.05) is 5.33 Å². The average molecular weight is 374 g/mol. The van der Waals surface area contributed by atoms with Crippen molar-refractivity contribution in [3.8, 4) is 0 Å². The van der Waals surface area contributed by atoms with Gasteiger partial charge in [-0.3, -0.25) is 0 Å². The van der Waals surface area contributed by atoms with Crippen LogP contribution < -0.4 is 4.72 Å². The predicted octanol–water partition coefficient (Wildman–Crippen LogP) is 4.02. The minimum atomic E-state index is -3.44. The van der Waals surface area contributed by atoms with Gasteiger partial charge in [0.2, 0.25) is 10.0 Å². The number of benzene rings is 1. The summed E-state index contributed by atoms with van der Waals surface area (Å²) >= 11 is 3.50. The summed E-state index contributed by atoms with van der Waals surface area (Å²) in [6, 6.07) is 7.27. The van der Waals surface area contributed by atoms with E-state index in [2.05, 4.69) is 27.6 Å². The lowest BCUT2D eigenvalue weighted by atomic mass is 9.84. The lowest BCUT2D eigenvalue weighted by molar-refractivity contribution is 0.301. The smallest absolute Gasteiger partial charge is 0.207 e. The third-order valence-corrected chi connectivity index (χ3v) is 6.86. The van der Waals surface area contributed by atoms with E-state index in [0.29, 0.717) is 10.2 Å². The zero-order valence-electron chi connectivity index (χ0n) is 12.6. The van der Waals surface area contributed by atoms with E-state index in [4.69, 9.17) is 0 Å². The molecule has 1 N–H and O–H groups in total. The summed E-state index contributed by atoms with van der Waals surface area (Å²) in [6.07, 6.45) is 7.24. The Bertz CT molecular complexity index is 548. The number of sulfonamides is 1. The highest BCUT2D eigenvalue weighted by Crippen LogP contribution is 2.31. The van der Waals surface area contributed by atoms with Crippen LogP contribution in [0.15, 0.2) is 29.2 Å². The van der Waals surface area contributed by atoms with Gasteiger partial charge in [-0.1, -0.05) is 60.7 Å². The molecule has 1 saturated carbocycles. The highest BCUT2D eigenvalue weighted by Gasteiger charge is 2.35. The molecular weight excluding hydrogens is 350 g/mol.